The molecule has 5 heteroatoms. The van der Waals surface area contributed by atoms with Gasteiger partial charge in [-0.05, 0) is 19.1 Å². The van der Waals surface area contributed by atoms with E-state index in [0.717, 1.165) is 18.8 Å². The van der Waals surface area contributed by atoms with Gasteiger partial charge in [-0.25, -0.2) is 0 Å². The molecule has 1 aromatic rings. The third-order valence-corrected chi connectivity index (χ3v) is 4.84. The highest BCUT2D eigenvalue weighted by Gasteiger charge is 2.41. The van der Waals surface area contributed by atoms with Gasteiger partial charge in [0.15, 0.2) is 0 Å². The molecule has 1 amide bonds. The summed E-state index contributed by atoms with van der Waals surface area (Å²) in [5.74, 6) is 0.0960. The number of amides is 1. The third kappa shape index (κ3) is 2.83. The van der Waals surface area contributed by atoms with Gasteiger partial charge >= 0.3 is 0 Å². The molecule has 0 unspecified atom stereocenters. The number of hydrogen-bond acceptors (Lipinski definition) is 4. The molecule has 22 heavy (non-hydrogen) atoms. The molecular weight excluding hydrogens is 280 g/mol. The van der Waals surface area contributed by atoms with E-state index in [4.69, 9.17) is 4.74 Å². The van der Waals surface area contributed by atoms with E-state index in [1.54, 1.807) is 11.8 Å². The van der Waals surface area contributed by atoms with Crippen LogP contribution in [-0.4, -0.2) is 60.9 Å². The number of anilines is 1. The Morgan fingerprint density at radius 1 is 1.32 bits per heavy atom. The molecule has 0 bridgehead atoms. The van der Waals surface area contributed by atoms with Crippen molar-refractivity contribution in [3.63, 3.8) is 0 Å². The van der Waals surface area contributed by atoms with E-state index in [9.17, 15) is 9.90 Å². The lowest BCUT2D eigenvalue weighted by atomic mass is 9.95. The first-order chi connectivity index (χ1) is 10.5. The minimum absolute atomic E-state index is 0.00622. The molecule has 1 aromatic carbocycles. The first-order valence-electron chi connectivity index (χ1n) is 7.92. The first kappa shape index (κ1) is 15.3. The number of para-hydroxylation sites is 1. The van der Waals surface area contributed by atoms with Gasteiger partial charge in [0.2, 0.25) is 0 Å². The van der Waals surface area contributed by atoms with Crippen LogP contribution in [0.4, 0.5) is 5.69 Å². The summed E-state index contributed by atoms with van der Waals surface area (Å²) in [4.78, 5) is 16.9. The minimum Gasteiger partial charge on any atom is -0.388 e. The molecular formula is C17H24N2O3. The van der Waals surface area contributed by atoms with E-state index < -0.39 is 5.60 Å². The fourth-order valence-electron chi connectivity index (χ4n) is 3.19. The molecule has 2 saturated heterocycles. The van der Waals surface area contributed by atoms with Crippen LogP contribution in [0.3, 0.4) is 0 Å². The zero-order valence-corrected chi connectivity index (χ0v) is 13.3. The van der Waals surface area contributed by atoms with Crippen LogP contribution in [0, 0.1) is 5.92 Å². The Labute approximate surface area is 131 Å². The number of carbonyl (C=O) groups excluding carboxylic acids is 1. The number of β-amino-alcohol motifs (C(OH)–C–C–N with tert-alkyl or cyclic N) is 1. The lowest BCUT2D eigenvalue weighted by molar-refractivity contribution is 0.0351. The smallest absolute Gasteiger partial charge is 0.256 e. The summed E-state index contributed by atoms with van der Waals surface area (Å²) in [6, 6.07) is 7.74. The largest absolute Gasteiger partial charge is 0.388 e. The number of ether oxygens (including phenoxy) is 1. The van der Waals surface area contributed by atoms with E-state index in [2.05, 4.69) is 4.90 Å². The third-order valence-electron chi connectivity index (χ3n) is 4.84. The maximum absolute atomic E-state index is 12.9. The van der Waals surface area contributed by atoms with Gasteiger partial charge in [-0.15, -0.1) is 0 Å². The summed E-state index contributed by atoms with van der Waals surface area (Å²) in [5, 5.41) is 10.3. The highest BCUT2D eigenvalue weighted by Crippen LogP contribution is 2.30. The molecule has 5 nitrogen and oxygen atoms in total. The Kier molecular flexibility index (Phi) is 4.10. The van der Waals surface area contributed by atoms with Crippen LogP contribution in [0.25, 0.3) is 0 Å². The fraction of sp³-hybridized carbons (Fsp3) is 0.588. The van der Waals surface area contributed by atoms with Crippen LogP contribution >= 0.6 is 0 Å². The quantitative estimate of drug-likeness (QED) is 0.896. The Balaban J connectivity index is 1.84. The summed E-state index contributed by atoms with van der Waals surface area (Å²) in [7, 11) is 0. The molecule has 2 atom stereocenters. The van der Waals surface area contributed by atoms with Gasteiger partial charge in [-0.2, -0.15) is 0 Å². The molecule has 0 aromatic heterocycles. The number of carbonyl (C=O) groups is 1. The zero-order valence-electron chi connectivity index (χ0n) is 13.3. The summed E-state index contributed by atoms with van der Waals surface area (Å²) in [6.07, 6.45) is 0. The predicted octanol–water partition coefficient (Wildman–Crippen LogP) is 1.37. The molecule has 0 aliphatic carbocycles. The van der Waals surface area contributed by atoms with Crippen molar-refractivity contribution in [2.45, 2.75) is 19.4 Å². The van der Waals surface area contributed by atoms with Gasteiger partial charge < -0.3 is 19.6 Å². The number of benzene rings is 1. The van der Waals surface area contributed by atoms with Crippen molar-refractivity contribution >= 4 is 11.6 Å². The fourth-order valence-corrected chi connectivity index (χ4v) is 3.19. The Morgan fingerprint density at radius 2 is 2.00 bits per heavy atom. The van der Waals surface area contributed by atoms with E-state index in [-0.39, 0.29) is 11.8 Å². The van der Waals surface area contributed by atoms with Crippen LogP contribution in [0.5, 0.6) is 0 Å². The molecule has 2 aliphatic rings. The average Bonchev–Trinajstić information content (AvgIpc) is 2.81. The molecule has 2 aliphatic heterocycles. The van der Waals surface area contributed by atoms with Crippen LogP contribution in [0.15, 0.2) is 24.3 Å². The number of nitrogens with zero attached hydrogens (tertiary/aromatic N) is 2. The van der Waals surface area contributed by atoms with E-state index in [0.29, 0.717) is 31.9 Å². The summed E-state index contributed by atoms with van der Waals surface area (Å²) >= 11 is 0. The van der Waals surface area contributed by atoms with E-state index in [1.807, 2.05) is 31.2 Å². The minimum atomic E-state index is -0.802. The van der Waals surface area contributed by atoms with Gasteiger partial charge in [0.25, 0.3) is 5.91 Å². The topological polar surface area (TPSA) is 53.0 Å². The number of likely N-dealkylation sites (tertiary alicyclic amines) is 1. The van der Waals surface area contributed by atoms with Crippen molar-refractivity contribution in [1.82, 2.24) is 4.90 Å². The van der Waals surface area contributed by atoms with Crippen molar-refractivity contribution in [1.29, 1.82) is 0 Å². The number of rotatable bonds is 2. The van der Waals surface area contributed by atoms with Crippen molar-refractivity contribution < 1.29 is 14.6 Å². The molecule has 0 saturated carbocycles. The molecule has 0 radical (unpaired) electrons. The van der Waals surface area contributed by atoms with Crippen LogP contribution in [0.1, 0.15) is 24.2 Å². The van der Waals surface area contributed by atoms with Gasteiger partial charge in [0, 0.05) is 37.8 Å². The highest BCUT2D eigenvalue weighted by molar-refractivity contribution is 6.00. The second kappa shape index (κ2) is 5.89. The number of hydrogen-bond donors (Lipinski definition) is 1. The van der Waals surface area contributed by atoms with Crippen molar-refractivity contribution in [3.8, 4) is 0 Å². The maximum atomic E-state index is 12.9. The first-order valence-corrected chi connectivity index (χ1v) is 7.92. The molecule has 2 heterocycles. The molecule has 2 fully saturated rings. The van der Waals surface area contributed by atoms with E-state index in [1.165, 1.54) is 0 Å². The lowest BCUT2D eigenvalue weighted by Gasteiger charge is -2.31. The summed E-state index contributed by atoms with van der Waals surface area (Å²) in [6.45, 7) is 7.78. The van der Waals surface area contributed by atoms with Gasteiger partial charge in [0.1, 0.15) is 0 Å². The molecule has 120 valence electrons. The molecule has 3 rings (SSSR count). The standard InChI is InChI=1S/C17H24N2O3/c1-13-11-19(12-17(13,2)21)16(20)14-5-3-4-6-15(14)18-7-9-22-10-8-18/h3-6,13,21H,7-12H2,1-2H3/t13-,17+/m1/s1. The van der Waals surface area contributed by atoms with Gasteiger partial charge in [-0.3, -0.25) is 4.79 Å². The van der Waals surface area contributed by atoms with Crippen LogP contribution in [0.2, 0.25) is 0 Å². The Hall–Kier alpha value is -1.59. The molecule has 0 spiro atoms. The van der Waals surface area contributed by atoms with Crippen LogP contribution < -0.4 is 4.90 Å². The van der Waals surface area contributed by atoms with Crippen molar-refractivity contribution in [2.75, 3.05) is 44.3 Å². The SMILES string of the molecule is C[C@@H]1CN(C(=O)c2ccccc2N2CCOCC2)C[C@]1(C)O. The van der Waals surface area contributed by atoms with Crippen LogP contribution in [-0.2, 0) is 4.74 Å². The highest BCUT2D eigenvalue weighted by atomic mass is 16.5. The second-order valence-corrected chi connectivity index (χ2v) is 6.56. The predicted molar refractivity (Wildman–Crippen MR) is 85.2 cm³/mol. The Bertz CT molecular complexity index is 553. The van der Waals surface area contributed by atoms with Crippen molar-refractivity contribution in [2.24, 2.45) is 5.92 Å². The average molecular weight is 304 g/mol. The summed E-state index contributed by atoms with van der Waals surface area (Å²) < 4.78 is 5.39. The van der Waals surface area contributed by atoms with Gasteiger partial charge in [-0.1, -0.05) is 19.1 Å². The Morgan fingerprint density at radius 3 is 2.64 bits per heavy atom. The number of morpholine rings is 1. The van der Waals surface area contributed by atoms with E-state index >= 15 is 0 Å². The monoisotopic (exact) mass is 304 g/mol. The summed E-state index contributed by atoms with van der Waals surface area (Å²) in [5.41, 5.74) is 0.883. The second-order valence-electron chi connectivity index (χ2n) is 6.56. The normalized spacial score (nSPS) is 29.0. The van der Waals surface area contributed by atoms with Crippen molar-refractivity contribution in [3.05, 3.63) is 29.8 Å². The zero-order chi connectivity index (χ0) is 15.7. The van der Waals surface area contributed by atoms with Gasteiger partial charge in [0.05, 0.1) is 24.4 Å². The number of aliphatic hydroxyl groups is 1. The molecule has 1 N–H and O–H groups in total. The lowest BCUT2D eigenvalue weighted by Crippen LogP contribution is -2.39. The maximum Gasteiger partial charge on any atom is 0.256 e.